The molecule has 1 saturated carbocycles. The van der Waals surface area contributed by atoms with Crippen LogP contribution in [0.15, 0.2) is 12.3 Å². The largest absolute Gasteiger partial charge is 0.351 e. The van der Waals surface area contributed by atoms with Crippen molar-refractivity contribution < 1.29 is 4.79 Å². The maximum atomic E-state index is 12.3. The molecule has 0 aromatic rings. The molecule has 100 valence electrons. The molecule has 1 aliphatic carbocycles. The highest BCUT2D eigenvalue weighted by Crippen LogP contribution is 2.32. The van der Waals surface area contributed by atoms with Gasteiger partial charge in [0.2, 0.25) is 5.91 Å². The quantitative estimate of drug-likeness (QED) is 0.774. The molecule has 0 unspecified atom stereocenters. The predicted octanol–water partition coefficient (Wildman–Crippen LogP) is 2.22. The van der Waals surface area contributed by atoms with Crippen LogP contribution in [0.4, 0.5) is 0 Å². The summed E-state index contributed by atoms with van der Waals surface area (Å²) in [5.74, 6) is 0.473. The van der Waals surface area contributed by atoms with Gasteiger partial charge in [-0.3, -0.25) is 10.2 Å². The fourth-order valence-electron chi connectivity index (χ4n) is 3.00. The summed E-state index contributed by atoms with van der Waals surface area (Å²) in [4.78, 5) is 16.0. The summed E-state index contributed by atoms with van der Waals surface area (Å²) in [7, 11) is 1.72. The van der Waals surface area contributed by atoms with Gasteiger partial charge in [0.25, 0.3) is 0 Å². The van der Waals surface area contributed by atoms with E-state index >= 15 is 0 Å². The van der Waals surface area contributed by atoms with Crippen molar-refractivity contribution in [3.8, 4) is 0 Å². The van der Waals surface area contributed by atoms with Crippen LogP contribution in [0.3, 0.4) is 0 Å². The van der Waals surface area contributed by atoms with Crippen molar-refractivity contribution in [2.45, 2.75) is 45.6 Å². The van der Waals surface area contributed by atoms with Crippen LogP contribution in [0, 0.1) is 10.8 Å². The van der Waals surface area contributed by atoms with Gasteiger partial charge in [0.05, 0.1) is 11.1 Å². The van der Waals surface area contributed by atoms with E-state index in [1.807, 2.05) is 13.8 Å². The second-order valence-electron chi connectivity index (χ2n) is 6.11. The van der Waals surface area contributed by atoms with Crippen molar-refractivity contribution in [2.75, 3.05) is 13.6 Å². The Labute approximate surface area is 109 Å². The van der Waals surface area contributed by atoms with Gasteiger partial charge in [0.1, 0.15) is 5.84 Å². The number of nitrogens with zero attached hydrogens (tertiary/aromatic N) is 2. The average Bonchev–Trinajstić information content (AvgIpc) is 2.83. The average molecular weight is 249 g/mol. The van der Waals surface area contributed by atoms with E-state index in [1.165, 1.54) is 17.7 Å². The van der Waals surface area contributed by atoms with Gasteiger partial charge < -0.3 is 9.80 Å². The van der Waals surface area contributed by atoms with Crippen LogP contribution >= 0.6 is 0 Å². The van der Waals surface area contributed by atoms with Gasteiger partial charge in [-0.25, -0.2) is 0 Å². The van der Waals surface area contributed by atoms with Crippen molar-refractivity contribution in [3.63, 3.8) is 0 Å². The van der Waals surface area contributed by atoms with Crippen molar-refractivity contribution in [2.24, 2.45) is 5.41 Å². The molecule has 1 saturated heterocycles. The van der Waals surface area contributed by atoms with Crippen molar-refractivity contribution in [1.82, 2.24) is 9.80 Å². The highest BCUT2D eigenvalue weighted by atomic mass is 16.2. The standard InChI is InChI=1S/C14H23N3O/c1-10-12(15)17(11-7-5-6-8-11)9-14(2,3)13(18)16(10)4/h11,15H,1,5-9H2,2-4H3. The third-order valence-electron chi connectivity index (χ3n) is 4.18. The highest BCUT2D eigenvalue weighted by Gasteiger charge is 2.41. The highest BCUT2D eigenvalue weighted by molar-refractivity contribution is 6.01. The van der Waals surface area contributed by atoms with E-state index in [9.17, 15) is 4.79 Å². The third kappa shape index (κ3) is 2.04. The number of nitrogens with one attached hydrogen (secondary N) is 1. The monoisotopic (exact) mass is 249 g/mol. The Morgan fingerprint density at radius 3 is 2.44 bits per heavy atom. The van der Waals surface area contributed by atoms with Crippen LogP contribution in [0.25, 0.3) is 0 Å². The molecule has 2 fully saturated rings. The lowest BCUT2D eigenvalue weighted by Crippen LogP contribution is -2.44. The van der Waals surface area contributed by atoms with Crippen molar-refractivity contribution in [3.05, 3.63) is 12.3 Å². The first-order valence-corrected chi connectivity index (χ1v) is 6.67. The lowest BCUT2D eigenvalue weighted by atomic mass is 9.91. The summed E-state index contributed by atoms with van der Waals surface area (Å²) in [6.07, 6.45) is 4.71. The first kappa shape index (κ1) is 13.1. The molecule has 0 atom stereocenters. The molecule has 1 heterocycles. The normalized spacial score (nSPS) is 25.8. The van der Waals surface area contributed by atoms with Gasteiger partial charge in [-0.05, 0) is 26.7 Å². The molecular formula is C14H23N3O. The molecule has 0 bridgehead atoms. The van der Waals surface area contributed by atoms with Crippen molar-refractivity contribution >= 4 is 11.7 Å². The van der Waals surface area contributed by atoms with Crippen LogP contribution in [-0.4, -0.2) is 41.2 Å². The minimum absolute atomic E-state index is 0.0535. The van der Waals surface area contributed by atoms with Gasteiger partial charge in [-0.15, -0.1) is 0 Å². The lowest BCUT2D eigenvalue weighted by molar-refractivity contribution is -0.136. The number of amides is 1. The van der Waals surface area contributed by atoms with Crippen LogP contribution in [0.1, 0.15) is 39.5 Å². The maximum Gasteiger partial charge on any atom is 0.234 e. The number of carbonyl (C=O) groups excluding carboxylic acids is 1. The molecule has 0 aromatic carbocycles. The fourth-order valence-corrected chi connectivity index (χ4v) is 3.00. The van der Waals surface area contributed by atoms with E-state index in [1.54, 1.807) is 7.05 Å². The van der Waals surface area contributed by atoms with Crippen LogP contribution in [0.2, 0.25) is 0 Å². The van der Waals surface area contributed by atoms with E-state index in [0.29, 0.717) is 24.1 Å². The topological polar surface area (TPSA) is 47.4 Å². The Balaban J connectivity index is 2.32. The predicted molar refractivity (Wildman–Crippen MR) is 72.4 cm³/mol. The smallest absolute Gasteiger partial charge is 0.234 e. The molecule has 4 heteroatoms. The SMILES string of the molecule is C=C1C(=N)N(C2CCCC2)CC(C)(C)C(=O)N1C. The zero-order valence-corrected chi connectivity index (χ0v) is 11.6. The van der Waals surface area contributed by atoms with E-state index in [0.717, 1.165) is 12.8 Å². The van der Waals surface area contributed by atoms with E-state index in [4.69, 9.17) is 5.41 Å². The number of rotatable bonds is 1. The fraction of sp³-hybridized carbons (Fsp3) is 0.714. The van der Waals surface area contributed by atoms with Crippen LogP contribution in [0.5, 0.6) is 0 Å². The second kappa shape index (κ2) is 4.41. The zero-order valence-electron chi connectivity index (χ0n) is 11.6. The molecule has 1 aliphatic heterocycles. The summed E-state index contributed by atoms with van der Waals surface area (Å²) in [6, 6.07) is 0.410. The van der Waals surface area contributed by atoms with Gasteiger partial charge in [-0.1, -0.05) is 19.4 Å². The van der Waals surface area contributed by atoms with E-state index in [2.05, 4.69) is 11.5 Å². The zero-order chi connectivity index (χ0) is 13.5. The van der Waals surface area contributed by atoms with Crippen LogP contribution < -0.4 is 0 Å². The summed E-state index contributed by atoms with van der Waals surface area (Å²) in [5.41, 5.74) is 0.0702. The van der Waals surface area contributed by atoms with E-state index in [-0.39, 0.29) is 5.91 Å². The number of carbonyl (C=O) groups is 1. The summed E-state index contributed by atoms with van der Waals surface area (Å²) in [5, 5.41) is 8.29. The summed E-state index contributed by atoms with van der Waals surface area (Å²) < 4.78 is 0. The Kier molecular flexibility index (Phi) is 3.21. The minimum Gasteiger partial charge on any atom is -0.351 e. The molecular weight excluding hydrogens is 226 g/mol. The van der Waals surface area contributed by atoms with Crippen LogP contribution in [-0.2, 0) is 4.79 Å². The Bertz CT molecular complexity index is 394. The molecule has 0 aromatic heterocycles. The molecule has 18 heavy (non-hydrogen) atoms. The second-order valence-corrected chi connectivity index (χ2v) is 6.11. The molecule has 1 N–H and O–H groups in total. The molecule has 4 nitrogen and oxygen atoms in total. The maximum absolute atomic E-state index is 12.3. The van der Waals surface area contributed by atoms with Crippen molar-refractivity contribution in [1.29, 1.82) is 5.41 Å². The Morgan fingerprint density at radius 2 is 1.89 bits per heavy atom. The number of likely N-dealkylation sites (N-methyl/N-ethyl adjacent to an activating group) is 1. The molecule has 2 aliphatic rings. The first-order chi connectivity index (χ1) is 8.34. The first-order valence-electron chi connectivity index (χ1n) is 6.67. The summed E-state index contributed by atoms with van der Waals surface area (Å²) >= 11 is 0. The van der Waals surface area contributed by atoms with Gasteiger partial charge in [0.15, 0.2) is 0 Å². The third-order valence-corrected chi connectivity index (χ3v) is 4.18. The van der Waals surface area contributed by atoms with Gasteiger partial charge in [-0.2, -0.15) is 0 Å². The Hall–Kier alpha value is -1.32. The number of amidine groups is 1. The molecule has 0 radical (unpaired) electrons. The number of hydrogen-bond acceptors (Lipinski definition) is 2. The molecule has 1 amide bonds. The van der Waals surface area contributed by atoms with Gasteiger partial charge in [0, 0.05) is 19.6 Å². The lowest BCUT2D eigenvalue weighted by Gasteiger charge is -2.33. The minimum atomic E-state index is -0.455. The van der Waals surface area contributed by atoms with Gasteiger partial charge >= 0.3 is 0 Å². The molecule has 2 rings (SSSR count). The Morgan fingerprint density at radius 1 is 1.33 bits per heavy atom. The number of hydrogen-bond donors (Lipinski definition) is 1. The molecule has 0 spiro atoms. The summed E-state index contributed by atoms with van der Waals surface area (Å²) in [6.45, 7) is 8.45. The van der Waals surface area contributed by atoms with E-state index < -0.39 is 5.41 Å².